The zero-order valence-electron chi connectivity index (χ0n) is 10.1. The van der Waals surface area contributed by atoms with Gasteiger partial charge in [0.25, 0.3) is 0 Å². The summed E-state index contributed by atoms with van der Waals surface area (Å²) >= 11 is 7.42. The summed E-state index contributed by atoms with van der Waals surface area (Å²) in [4.78, 5) is 12.8. The highest BCUT2D eigenvalue weighted by Gasteiger charge is 2.17. The number of carbonyl (C=O) groups is 1. The van der Waals surface area contributed by atoms with E-state index < -0.39 is 5.97 Å². The molecular formula is C14H8ClNO3S. The van der Waals surface area contributed by atoms with Gasteiger partial charge in [-0.05, 0) is 23.6 Å². The van der Waals surface area contributed by atoms with Crippen LogP contribution in [0.25, 0.3) is 10.6 Å². The zero-order chi connectivity index (χ0) is 13.9. The number of halogens is 1. The fourth-order valence-corrected chi connectivity index (χ4v) is 2.43. The van der Waals surface area contributed by atoms with Crippen molar-refractivity contribution in [3.05, 3.63) is 58.6 Å². The van der Waals surface area contributed by atoms with Crippen LogP contribution >= 0.6 is 22.9 Å². The van der Waals surface area contributed by atoms with Crippen LogP contribution in [-0.2, 0) is 0 Å². The van der Waals surface area contributed by atoms with Crippen molar-refractivity contribution in [3.8, 4) is 16.4 Å². The quantitative estimate of drug-likeness (QED) is 0.535. The van der Waals surface area contributed by atoms with E-state index in [-0.39, 0.29) is 5.69 Å². The second-order valence-corrected chi connectivity index (χ2v) is 5.23. The maximum Gasteiger partial charge on any atom is 0.366 e. The van der Waals surface area contributed by atoms with E-state index in [1.165, 1.54) is 11.3 Å². The van der Waals surface area contributed by atoms with Crippen LogP contribution < -0.4 is 4.74 Å². The Morgan fingerprint density at radius 1 is 1.25 bits per heavy atom. The molecule has 0 amide bonds. The van der Waals surface area contributed by atoms with Gasteiger partial charge in [-0.1, -0.05) is 35.0 Å². The Morgan fingerprint density at radius 3 is 2.85 bits per heavy atom. The molecule has 2 heterocycles. The Kier molecular flexibility index (Phi) is 3.54. The maximum atomic E-state index is 11.9. The largest absolute Gasteiger partial charge is 0.420 e. The summed E-state index contributed by atoms with van der Waals surface area (Å²) in [6.07, 6.45) is 0. The lowest BCUT2D eigenvalue weighted by atomic mass is 10.3. The molecule has 4 nitrogen and oxygen atoms in total. The molecule has 0 spiro atoms. The molecule has 6 heteroatoms. The Bertz CT molecular complexity index is 736. The smallest absolute Gasteiger partial charge is 0.366 e. The molecule has 20 heavy (non-hydrogen) atoms. The van der Waals surface area contributed by atoms with Crippen molar-refractivity contribution in [2.45, 2.75) is 0 Å². The lowest BCUT2D eigenvalue weighted by Crippen LogP contribution is -2.08. The van der Waals surface area contributed by atoms with Gasteiger partial charge in [-0.3, -0.25) is 0 Å². The minimum Gasteiger partial charge on any atom is -0.420 e. The van der Waals surface area contributed by atoms with Crippen molar-refractivity contribution in [1.29, 1.82) is 0 Å². The number of thiophene rings is 1. The first kappa shape index (κ1) is 12.9. The van der Waals surface area contributed by atoms with Gasteiger partial charge in [0.15, 0.2) is 11.5 Å². The van der Waals surface area contributed by atoms with E-state index in [1.807, 2.05) is 17.5 Å². The average Bonchev–Trinajstić information content (AvgIpc) is 3.11. The van der Waals surface area contributed by atoms with Crippen molar-refractivity contribution in [2.24, 2.45) is 0 Å². The number of hydrogen-bond acceptors (Lipinski definition) is 5. The minimum absolute atomic E-state index is 0.105. The lowest BCUT2D eigenvalue weighted by Gasteiger charge is -2.02. The minimum atomic E-state index is -0.607. The third-order valence-electron chi connectivity index (χ3n) is 2.52. The van der Waals surface area contributed by atoms with Crippen LogP contribution in [-0.4, -0.2) is 11.1 Å². The normalized spacial score (nSPS) is 10.4. The third-order valence-corrected chi connectivity index (χ3v) is 3.72. The number of carbonyl (C=O) groups excluding carboxylic acids is 1. The number of rotatable bonds is 3. The molecule has 0 aliphatic rings. The molecule has 0 fully saturated rings. The van der Waals surface area contributed by atoms with E-state index in [0.29, 0.717) is 16.5 Å². The molecule has 3 aromatic rings. The first-order chi connectivity index (χ1) is 9.74. The van der Waals surface area contributed by atoms with Gasteiger partial charge in [0.1, 0.15) is 5.75 Å². The van der Waals surface area contributed by atoms with E-state index in [9.17, 15) is 4.79 Å². The van der Waals surface area contributed by atoms with Crippen molar-refractivity contribution in [2.75, 3.05) is 0 Å². The van der Waals surface area contributed by atoms with Gasteiger partial charge in [0.05, 0.1) is 9.90 Å². The summed E-state index contributed by atoms with van der Waals surface area (Å²) in [5.41, 5.74) is 0.105. The highest BCUT2D eigenvalue weighted by molar-refractivity contribution is 7.13. The molecule has 0 atom stereocenters. The van der Waals surface area contributed by atoms with Crippen molar-refractivity contribution in [3.63, 3.8) is 0 Å². The molecule has 0 saturated heterocycles. The van der Waals surface area contributed by atoms with Crippen LogP contribution in [0.15, 0.2) is 52.4 Å². The molecule has 1 aromatic carbocycles. The Labute approximate surface area is 123 Å². The van der Waals surface area contributed by atoms with Gasteiger partial charge in [-0.25, -0.2) is 4.79 Å². The summed E-state index contributed by atoms with van der Waals surface area (Å²) in [5.74, 6) is 0.218. The van der Waals surface area contributed by atoms with E-state index >= 15 is 0 Å². The molecular weight excluding hydrogens is 298 g/mol. The van der Waals surface area contributed by atoms with Gasteiger partial charge >= 0.3 is 5.97 Å². The summed E-state index contributed by atoms with van der Waals surface area (Å²) in [6, 6.07) is 12.1. The number of nitrogens with zero attached hydrogens (tertiary/aromatic N) is 1. The highest BCUT2D eigenvalue weighted by atomic mass is 35.5. The molecule has 0 radical (unpaired) electrons. The van der Waals surface area contributed by atoms with Gasteiger partial charge in [-0.2, -0.15) is 0 Å². The van der Waals surface area contributed by atoms with Gasteiger partial charge in [-0.15, -0.1) is 11.3 Å². The fourth-order valence-electron chi connectivity index (χ4n) is 1.59. The average molecular weight is 306 g/mol. The van der Waals surface area contributed by atoms with Crippen molar-refractivity contribution >= 4 is 28.9 Å². The number of hydrogen-bond donors (Lipinski definition) is 0. The topological polar surface area (TPSA) is 52.3 Å². The van der Waals surface area contributed by atoms with E-state index in [2.05, 4.69) is 5.16 Å². The number of benzene rings is 1. The Balaban J connectivity index is 1.80. The predicted molar refractivity (Wildman–Crippen MR) is 76.2 cm³/mol. The molecule has 3 rings (SSSR count). The first-order valence-electron chi connectivity index (χ1n) is 5.71. The monoisotopic (exact) mass is 305 g/mol. The second-order valence-electron chi connectivity index (χ2n) is 3.87. The Hall–Kier alpha value is -2.11. The van der Waals surface area contributed by atoms with Crippen LogP contribution in [0.4, 0.5) is 0 Å². The molecule has 0 N–H and O–H groups in total. The molecule has 0 aliphatic carbocycles. The molecule has 100 valence electrons. The molecule has 0 bridgehead atoms. The van der Waals surface area contributed by atoms with Crippen LogP contribution in [0.1, 0.15) is 10.5 Å². The van der Waals surface area contributed by atoms with E-state index in [1.54, 1.807) is 30.3 Å². The SMILES string of the molecule is O=C(Oc1ccccc1Cl)c1cc(-c2cccs2)on1. The van der Waals surface area contributed by atoms with Gasteiger partial charge in [0, 0.05) is 6.07 Å². The summed E-state index contributed by atoms with van der Waals surface area (Å²) < 4.78 is 10.3. The highest BCUT2D eigenvalue weighted by Crippen LogP contribution is 2.27. The summed E-state index contributed by atoms with van der Waals surface area (Å²) in [5, 5.41) is 5.99. The maximum absolute atomic E-state index is 11.9. The molecule has 2 aromatic heterocycles. The second kappa shape index (κ2) is 5.48. The van der Waals surface area contributed by atoms with Crippen LogP contribution in [0.5, 0.6) is 5.75 Å². The fraction of sp³-hybridized carbons (Fsp3) is 0. The predicted octanol–water partition coefficient (Wildman–Crippen LogP) is 4.28. The number of ether oxygens (including phenoxy) is 1. The van der Waals surface area contributed by atoms with Gasteiger partial charge < -0.3 is 9.26 Å². The van der Waals surface area contributed by atoms with Crippen LogP contribution in [0.2, 0.25) is 5.02 Å². The first-order valence-corrected chi connectivity index (χ1v) is 6.97. The summed E-state index contributed by atoms with van der Waals surface area (Å²) in [6.45, 7) is 0. The number of esters is 1. The number of aromatic nitrogens is 1. The van der Waals surface area contributed by atoms with E-state index in [0.717, 1.165) is 4.88 Å². The molecule has 0 saturated carbocycles. The van der Waals surface area contributed by atoms with E-state index in [4.69, 9.17) is 20.9 Å². The number of para-hydroxylation sites is 1. The van der Waals surface area contributed by atoms with Crippen molar-refractivity contribution in [1.82, 2.24) is 5.16 Å². The molecule has 0 unspecified atom stereocenters. The zero-order valence-corrected chi connectivity index (χ0v) is 11.6. The van der Waals surface area contributed by atoms with Crippen molar-refractivity contribution < 1.29 is 14.1 Å². The van der Waals surface area contributed by atoms with Gasteiger partial charge in [0.2, 0.25) is 0 Å². The third kappa shape index (κ3) is 2.59. The standard InChI is InChI=1S/C14H8ClNO3S/c15-9-4-1-2-5-11(9)18-14(17)10-8-12(19-16-10)13-6-3-7-20-13/h1-8H. The summed E-state index contributed by atoms with van der Waals surface area (Å²) in [7, 11) is 0. The van der Waals surface area contributed by atoms with Crippen LogP contribution in [0.3, 0.4) is 0 Å². The molecule has 0 aliphatic heterocycles. The van der Waals surface area contributed by atoms with Crippen LogP contribution in [0, 0.1) is 0 Å². The Morgan fingerprint density at radius 2 is 2.10 bits per heavy atom. The lowest BCUT2D eigenvalue weighted by molar-refractivity contribution is 0.0724.